The first-order valence-corrected chi connectivity index (χ1v) is 8.91. The van der Waals surface area contributed by atoms with Gasteiger partial charge in [-0.3, -0.25) is 9.59 Å². The van der Waals surface area contributed by atoms with Crippen LogP contribution in [0.1, 0.15) is 5.82 Å². The van der Waals surface area contributed by atoms with E-state index in [1.54, 1.807) is 19.0 Å². The smallest absolute Gasteiger partial charge is 0.277 e. The lowest BCUT2D eigenvalue weighted by Crippen LogP contribution is -3.09. The third-order valence-corrected chi connectivity index (χ3v) is 4.87. The lowest BCUT2D eigenvalue weighted by atomic mass is 10.1. The molecule has 0 aliphatic heterocycles. The molecule has 0 bridgehead atoms. The number of aromatic nitrogens is 2. The number of nitrogens with zero attached hydrogens (tertiary/aromatic N) is 2. The Morgan fingerprint density at radius 3 is 2.68 bits per heavy atom. The number of nitrogens with one attached hydrogen (secondary N) is 2. The Labute approximate surface area is 149 Å². The molecular weight excluding hydrogens is 336 g/mol. The number of thiophene rings is 1. The second-order valence-corrected chi connectivity index (χ2v) is 7.17. The van der Waals surface area contributed by atoms with Gasteiger partial charge in [0.25, 0.3) is 11.5 Å². The van der Waals surface area contributed by atoms with Gasteiger partial charge in [0.2, 0.25) is 0 Å². The van der Waals surface area contributed by atoms with Crippen molar-refractivity contribution in [1.82, 2.24) is 14.9 Å². The summed E-state index contributed by atoms with van der Waals surface area (Å²) in [5, 5.41) is 2.60. The van der Waals surface area contributed by atoms with Crippen molar-refractivity contribution < 1.29 is 9.69 Å². The number of quaternary nitrogens is 1. The van der Waals surface area contributed by atoms with Crippen molar-refractivity contribution >= 4 is 27.5 Å². The summed E-state index contributed by atoms with van der Waals surface area (Å²) < 4.78 is 0. The van der Waals surface area contributed by atoms with E-state index in [0.29, 0.717) is 24.3 Å². The molecule has 3 aromatic rings. The van der Waals surface area contributed by atoms with Gasteiger partial charge in [0, 0.05) is 25.0 Å². The maximum Gasteiger partial charge on any atom is 0.277 e. The van der Waals surface area contributed by atoms with Gasteiger partial charge in [0.1, 0.15) is 11.4 Å². The van der Waals surface area contributed by atoms with Crippen molar-refractivity contribution in [3.05, 3.63) is 51.9 Å². The predicted molar refractivity (Wildman–Crippen MR) is 99.8 cm³/mol. The van der Waals surface area contributed by atoms with E-state index in [0.717, 1.165) is 20.9 Å². The number of amides is 1. The summed E-state index contributed by atoms with van der Waals surface area (Å²) in [6.45, 7) is 0.845. The SMILES string of the molecule is CN(C)C(=O)C[NH+](C)Cc1nc2scc(-c3ccccc3)c2c(=O)[nH]1. The molecule has 2 heterocycles. The van der Waals surface area contributed by atoms with Gasteiger partial charge < -0.3 is 14.8 Å². The number of hydrogen-bond donors (Lipinski definition) is 2. The van der Waals surface area contributed by atoms with E-state index in [2.05, 4.69) is 9.97 Å². The fraction of sp³-hybridized carbons (Fsp3) is 0.278. The number of carbonyl (C=O) groups is 1. The third kappa shape index (κ3) is 3.78. The molecule has 0 aliphatic rings. The maximum absolute atomic E-state index is 12.6. The summed E-state index contributed by atoms with van der Waals surface area (Å²) in [6, 6.07) is 9.83. The first-order chi connectivity index (χ1) is 12.0. The van der Waals surface area contributed by atoms with Gasteiger partial charge in [0.15, 0.2) is 12.4 Å². The lowest BCUT2D eigenvalue weighted by Gasteiger charge is -2.15. The topological polar surface area (TPSA) is 70.5 Å². The normalized spacial score (nSPS) is 12.3. The van der Waals surface area contributed by atoms with E-state index in [4.69, 9.17) is 0 Å². The highest BCUT2D eigenvalue weighted by Crippen LogP contribution is 2.30. The van der Waals surface area contributed by atoms with Crippen LogP contribution in [0.2, 0.25) is 0 Å². The van der Waals surface area contributed by atoms with E-state index in [9.17, 15) is 9.59 Å². The number of H-pyrrole nitrogens is 1. The maximum atomic E-state index is 12.6. The predicted octanol–water partition coefficient (Wildman–Crippen LogP) is 0.754. The van der Waals surface area contributed by atoms with E-state index >= 15 is 0 Å². The molecular formula is C18H21N4O2S+. The quantitative estimate of drug-likeness (QED) is 0.708. The standard InChI is InChI=1S/C18H20N4O2S/c1-21(2)15(23)10-22(3)9-14-19-17(24)16-13(11-25-18(16)20-14)12-7-5-4-6-8-12/h4-8,11H,9-10H2,1-3H3,(H,19,20,24)/p+1. The molecule has 0 radical (unpaired) electrons. The number of likely N-dealkylation sites (N-methyl/N-ethyl adjacent to an activating group) is 2. The van der Waals surface area contributed by atoms with Gasteiger partial charge in [-0.15, -0.1) is 11.3 Å². The van der Waals surface area contributed by atoms with Gasteiger partial charge in [-0.2, -0.15) is 0 Å². The van der Waals surface area contributed by atoms with E-state index in [-0.39, 0.29) is 11.5 Å². The molecule has 7 heteroatoms. The molecule has 1 aromatic carbocycles. The summed E-state index contributed by atoms with van der Waals surface area (Å²) >= 11 is 1.47. The van der Waals surface area contributed by atoms with Crippen LogP contribution >= 0.6 is 11.3 Å². The molecule has 6 nitrogen and oxygen atoms in total. The summed E-state index contributed by atoms with van der Waals surface area (Å²) in [5.41, 5.74) is 1.78. The van der Waals surface area contributed by atoms with E-state index in [1.165, 1.54) is 11.3 Å². The minimum atomic E-state index is -0.133. The zero-order valence-corrected chi connectivity index (χ0v) is 15.3. The zero-order chi connectivity index (χ0) is 18.0. The third-order valence-electron chi connectivity index (χ3n) is 4.00. The van der Waals surface area contributed by atoms with Crippen molar-refractivity contribution in [3.8, 4) is 11.1 Å². The molecule has 2 N–H and O–H groups in total. The van der Waals surface area contributed by atoms with E-state index in [1.807, 2.05) is 42.8 Å². The van der Waals surface area contributed by atoms with Gasteiger partial charge in [-0.1, -0.05) is 30.3 Å². The molecule has 1 amide bonds. The number of aromatic amines is 1. The zero-order valence-electron chi connectivity index (χ0n) is 14.5. The highest BCUT2D eigenvalue weighted by Gasteiger charge is 2.16. The second-order valence-electron chi connectivity index (χ2n) is 6.31. The second kappa shape index (κ2) is 7.16. The fourth-order valence-electron chi connectivity index (χ4n) is 2.67. The van der Waals surface area contributed by atoms with Crippen LogP contribution in [0.15, 0.2) is 40.5 Å². The Morgan fingerprint density at radius 2 is 2.00 bits per heavy atom. The Kier molecular flexibility index (Phi) is 4.96. The number of fused-ring (bicyclic) bond motifs is 1. The molecule has 3 rings (SSSR count). The first-order valence-electron chi connectivity index (χ1n) is 8.03. The molecule has 0 saturated carbocycles. The molecule has 1 atom stereocenters. The fourth-order valence-corrected chi connectivity index (χ4v) is 3.64. The Hall–Kier alpha value is -2.51. The monoisotopic (exact) mass is 357 g/mol. The van der Waals surface area contributed by atoms with Gasteiger partial charge in [-0.05, 0) is 5.56 Å². The van der Waals surface area contributed by atoms with Crippen molar-refractivity contribution in [2.45, 2.75) is 6.54 Å². The van der Waals surface area contributed by atoms with Crippen LogP contribution in [0.5, 0.6) is 0 Å². The minimum Gasteiger partial charge on any atom is -0.344 e. The van der Waals surface area contributed by atoms with Crippen molar-refractivity contribution in [3.63, 3.8) is 0 Å². The molecule has 0 aliphatic carbocycles. The van der Waals surface area contributed by atoms with Gasteiger partial charge >= 0.3 is 0 Å². The molecule has 1 unspecified atom stereocenters. The van der Waals surface area contributed by atoms with Crippen LogP contribution in [0, 0.1) is 0 Å². The Morgan fingerprint density at radius 1 is 1.28 bits per heavy atom. The first kappa shape index (κ1) is 17.3. The van der Waals surface area contributed by atoms with Crippen molar-refractivity contribution in [2.75, 3.05) is 27.7 Å². The highest BCUT2D eigenvalue weighted by molar-refractivity contribution is 7.17. The Bertz CT molecular complexity index is 947. The number of benzene rings is 1. The Balaban J connectivity index is 1.89. The molecule has 25 heavy (non-hydrogen) atoms. The van der Waals surface area contributed by atoms with Crippen LogP contribution in [-0.4, -0.2) is 48.5 Å². The minimum absolute atomic E-state index is 0.0448. The van der Waals surface area contributed by atoms with Gasteiger partial charge in [0.05, 0.1) is 12.4 Å². The van der Waals surface area contributed by atoms with Gasteiger partial charge in [-0.25, -0.2) is 4.98 Å². The summed E-state index contributed by atoms with van der Waals surface area (Å²) in [4.78, 5) is 35.1. The van der Waals surface area contributed by atoms with Crippen LogP contribution in [-0.2, 0) is 11.3 Å². The van der Waals surface area contributed by atoms with Crippen molar-refractivity contribution in [1.29, 1.82) is 0 Å². The number of rotatable bonds is 5. The van der Waals surface area contributed by atoms with Crippen LogP contribution < -0.4 is 10.5 Å². The van der Waals surface area contributed by atoms with Crippen molar-refractivity contribution in [2.24, 2.45) is 0 Å². The largest absolute Gasteiger partial charge is 0.344 e. The molecule has 0 fully saturated rings. The molecule has 130 valence electrons. The van der Waals surface area contributed by atoms with Crippen LogP contribution in [0.4, 0.5) is 0 Å². The average molecular weight is 357 g/mol. The van der Waals surface area contributed by atoms with Crippen LogP contribution in [0.25, 0.3) is 21.3 Å². The average Bonchev–Trinajstić information content (AvgIpc) is 2.99. The number of hydrogen-bond acceptors (Lipinski definition) is 4. The summed E-state index contributed by atoms with van der Waals surface area (Å²) in [7, 11) is 5.38. The number of carbonyl (C=O) groups excluding carboxylic acids is 1. The molecule has 0 saturated heterocycles. The highest BCUT2D eigenvalue weighted by atomic mass is 32.1. The molecule has 2 aromatic heterocycles. The molecule has 0 spiro atoms. The summed E-state index contributed by atoms with van der Waals surface area (Å²) in [5.74, 6) is 0.645. The van der Waals surface area contributed by atoms with E-state index < -0.39 is 0 Å². The van der Waals surface area contributed by atoms with Crippen LogP contribution in [0.3, 0.4) is 0 Å². The summed E-state index contributed by atoms with van der Waals surface area (Å²) in [6.07, 6.45) is 0. The lowest BCUT2D eigenvalue weighted by molar-refractivity contribution is -0.886.